The van der Waals surface area contributed by atoms with Crippen LogP contribution < -0.4 is 4.74 Å². The summed E-state index contributed by atoms with van der Waals surface area (Å²) in [7, 11) is 1.65. The number of hydrogen-bond donors (Lipinski definition) is 0. The van der Waals surface area contributed by atoms with Crippen molar-refractivity contribution in [3.8, 4) is 17.0 Å². The van der Waals surface area contributed by atoms with Crippen molar-refractivity contribution in [1.29, 1.82) is 0 Å². The lowest BCUT2D eigenvalue weighted by Gasteiger charge is -1.99. The Morgan fingerprint density at radius 3 is 2.85 bits per heavy atom. The molecule has 0 aliphatic carbocycles. The molecule has 2 heterocycles. The van der Waals surface area contributed by atoms with E-state index in [-0.39, 0.29) is 0 Å². The van der Waals surface area contributed by atoms with E-state index in [0.717, 1.165) is 27.1 Å². The third-order valence-corrected chi connectivity index (χ3v) is 4.51. The third-order valence-electron chi connectivity index (χ3n) is 2.62. The summed E-state index contributed by atoms with van der Waals surface area (Å²) in [6.45, 7) is 0. The SMILES string of the molecule is COc1ccc(-c2cc(CSc3nncs3)on2)cc1. The Kier molecular flexibility index (Phi) is 3.98. The lowest BCUT2D eigenvalue weighted by atomic mass is 10.1. The topological polar surface area (TPSA) is 61.0 Å². The van der Waals surface area contributed by atoms with Gasteiger partial charge in [0.15, 0.2) is 4.34 Å². The van der Waals surface area contributed by atoms with Gasteiger partial charge in [-0.2, -0.15) is 0 Å². The van der Waals surface area contributed by atoms with Gasteiger partial charge in [0.1, 0.15) is 22.7 Å². The van der Waals surface area contributed by atoms with Gasteiger partial charge in [0, 0.05) is 11.6 Å². The van der Waals surface area contributed by atoms with Crippen molar-refractivity contribution < 1.29 is 9.26 Å². The van der Waals surface area contributed by atoms with Crippen molar-refractivity contribution in [2.75, 3.05) is 7.11 Å². The minimum absolute atomic E-state index is 0.693. The summed E-state index contributed by atoms with van der Waals surface area (Å²) in [4.78, 5) is 0. The third kappa shape index (κ3) is 3.00. The molecule has 0 amide bonds. The van der Waals surface area contributed by atoms with E-state index in [1.807, 2.05) is 30.3 Å². The van der Waals surface area contributed by atoms with Gasteiger partial charge in [-0.1, -0.05) is 28.3 Å². The van der Waals surface area contributed by atoms with Crippen molar-refractivity contribution in [1.82, 2.24) is 15.4 Å². The average molecular weight is 305 g/mol. The van der Waals surface area contributed by atoms with Crippen LogP contribution in [0.1, 0.15) is 5.76 Å². The highest BCUT2D eigenvalue weighted by Gasteiger charge is 2.08. The number of aromatic nitrogens is 3. The van der Waals surface area contributed by atoms with Crippen LogP contribution in [0.25, 0.3) is 11.3 Å². The molecule has 2 aromatic heterocycles. The van der Waals surface area contributed by atoms with Crippen LogP contribution in [0.2, 0.25) is 0 Å². The molecule has 0 unspecified atom stereocenters. The molecular weight excluding hydrogens is 294 g/mol. The van der Waals surface area contributed by atoms with Gasteiger partial charge >= 0.3 is 0 Å². The maximum Gasteiger partial charge on any atom is 0.174 e. The van der Waals surface area contributed by atoms with E-state index in [9.17, 15) is 0 Å². The summed E-state index contributed by atoms with van der Waals surface area (Å²) >= 11 is 3.10. The molecule has 0 radical (unpaired) electrons. The fourth-order valence-electron chi connectivity index (χ4n) is 1.64. The number of methoxy groups -OCH3 is 1. The molecule has 0 bridgehead atoms. The Morgan fingerprint density at radius 2 is 2.15 bits per heavy atom. The van der Waals surface area contributed by atoms with Gasteiger partial charge in [-0.25, -0.2) is 0 Å². The Labute approximate surface area is 124 Å². The summed E-state index contributed by atoms with van der Waals surface area (Å²) in [6.07, 6.45) is 0. The maximum absolute atomic E-state index is 5.33. The highest BCUT2D eigenvalue weighted by atomic mass is 32.2. The fourth-order valence-corrected chi connectivity index (χ4v) is 3.00. The van der Waals surface area contributed by atoms with Crippen molar-refractivity contribution in [3.05, 3.63) is 41.6 Å². The average Bonchev–Trinajstić information content (AvgIpc) is 3.17. The van der Waals surface area contributed by atoms with Crippen LogP contribution in [0.15, 0.2) is 44.7 Å². The van der Waals surface area contributed by atoms with Crippen LogP contribution in [-0.2, 0) is 5.75 Å². The van der Waals surface area contributed by atoms with E-state index >= 15 is 0 Å². The fraction of sp³-hybridized carbons (Fsp3) is 0.154. The first-order valence-electron chi connectivity index (χ1n) is 5.84. The lowest BCUT2D eigenvalue weighted by Crippen LogP contribution is -1.82. The zero-order valence-electron chi connectivity index (χ0n) is 10.6. The molecule has 5 nitrogen and oxygen atoms in total. The number of rotatable bonds is 5. The minimum Gasteiger partial charge on any atom is -0.497 e. The molecule has 20 heavy (non-hydrogen) atoms. The molecular formula is C13H11N3O2S2. The summed E-state index contributed by atoms with van der Waals surface area (Å²) in [5.41, 5.74) is 3.54. The number of thioether (sulfide) groups is 1. The predicted octanol–water partition coefficient (Wildman–Crippen LogP) is 3.49. The molecule has 0 aliphatic heterocycles. The number of benzene rings is 1. The summed E-state index contributed by atoms with van der Waals surface area (Å²) < 4.78 is 11.4. The van der Waals surface area contributed by atoms with Gasteiger partial charge in [-0.05, 0) is 24.3 Å². The quantitative estimate of drug-likeness (QED) is 0.672. The standard InChI is InChI=1S/C13H11N3O2S2/c1-17-10-4-2-9(3-5-10)12-6-11(18-16-12)7-19-13-15-14-8-20-13/h2-6,8H,7H2,1H3. The molecule has 3 rings (SSSR count). The smallest absolute Gasteiger partial charge is 0.174 e. The molecule has 0 aliphatic rings. The van der Waals surface area contributed by atoms with E-state index in [0.29, 0.717) is 5.75 Å². The minimum atomic E-state index is 0.693. The van der Waals surface area contributed by atoms with Crippen LogP contribution in [-0.4, -0.2) is 22.5 Å². The van der Waals surface area contributed by atoms with Crippen LogP contribution in [0.4, 0.5) is 0 Å². The zero-order chi connectivity index (χ0) is 13.8. The number of ether oxygens (including phenoxy) is 1. The lowest BCUT2D eigenvalue weighted by molar-refractivity contribution is 0.397. The normalized spacial score (nSPS) is 10.7. The Balaban J connectivity index is 1.69. The second-order valence-corrected chi connectivity index (χ2v) is 5.96. The van der Waals surface area contributed by atoms with E-state index in [1.165, 1.54) is 11.3 Å². The van der Waals surface area contributed by atoms with Crippen molar-refractivity contribution >= 4 is 23.1 Å². The van der Waals surface area contributed by atoms with Gasteiger partial charge in [0.25, 0.3) is 0 Å². The van der Waals surface area contributed by atoms with Crippen molar-refractivity contribution in [2.24, 2.45) is 0 Å². The molecule has 102 valence electrons. The predicted molar refractivity (Wildman–Crippen MR) is 78.0 cm³/mol. The van der Waals surface area contributed by atoms with E-state index < -0.39 is 0 Å². The molecule has 0 atom stereocenters. The zero-order valence-corrected chi connectivity index (χ0v) is 12.3. The largest absolute Gasteiger partial charge is 0.497 e. The van der Waals surface area contributed by atoms with Crippen LogP contribution in [0, 0.1) is 0 Å². The monoisotopic (exact) mass is 305 g/mol. The first-order valence-corrected chi connectivity index (χ1v) is 7.70. The van der Waals surface area contributed by atoms with Crippen LogP contribution >= 0.6 is 23.1 Å². The molecule has 0 saturated carbocycles. The Hall–Kier alpha value is -1.86. The molecule has 1 aromatic carbocycles. The molecule has 0 N–H and O–H groups in total. The maximum atomic E-state index is 5.33. The first kappa shape index (κ1) is 13.1. The number of hydrogen-bond acceptors (Lipinski definition) is 7. The molecule has 3 aromatic rings. The Morgan fingerprint density at radius 1 is 1.30 bits per heavy atom. The number of nitrogens with zero attached hydrogens (tertiary/aromatic N) is 3. The highest BCUT2D eigenvalue weighted by molar-refractivity contribution is 8.00. The summed E-state index contributed by atoms with van der Waals surface area (Å²) in [5, 5.41) is 11.8. The second-order valence-electron chi connectivity index (χ2n) is 3.90. The Bertz CT molecular complexity index is 665. The summed E-state index contributed by atoms with van der Waals surface area (Å²) in [6, 6.07) is 9.66. The summed E-state index contributed by atoms with van der Waals surface area (Å²) in [5.74, 6) is 2.33. The van der Waals surface area contributed by atoms with Gasteiger partial charge in [-0.3, -0.25) is 0 Å². The van der Waals surface area contributed by atoms with E-state index in [2.05, 4.69) is 15.4 Å². The molecule has 0 saturated heterocycles. The van der Waals surface area contributed by atoms with Crippen molar-refractivity contribution in [3.63, 3.8) is 0 Å². The first-order chi connectivity index (χ1) is 9.85. The van der Waals surface area contributed by atoms with E-state index in [4.69, 9.17) is 9.26 Å². The van der Waals surface area contributed by atoms with Crippen LogP contribution in [0.3, 0.4) is 0 Å². The second kappa shape index (κ2) is 6.06. The van der Waals surface area contributed by atoms with Gasteiger partial charge in [0.2, 0.25) is 0 Å². The van der Waals surface area contributed by atoms with Crippen LogP contribution in [0.5, 0.6) is 5.75 Å². The van der Waals surface area contributed by atoms with Crippen molar-refractivity contribution in [2.45, 2.75) is 10.1 Å². The van der Waals surface area contributed by atoms with Gasteiger partial charge in [-0.15, -0.1) is 10.2 Å². The molecule has 0 fully saturated rings. The molecule has 0 spiro atoms. The van der Waals surface area contributed by atoms with Gasteiger partial charge in [0.05, 0.1) is 12.9 Å². The molecule has 7 heteroatoms. The highest BCUT2D eigenvalue weighted by Crippen LogP contribution is 2.27. The van der Waals surface area contributed by atoms with E-state index in [1.54, 1.807) is 24.4 Å². The van der Waals surface area contributed by atoms with Gasteiger partial charge < -0.3 is 9.26 Å².